The van der Waals surface area contributed by atoms with Crippen LogP contribution in [0.25, 0.3) is 0 Å². The number of benzene rings is 2. The molecule has 1 aromatic heterocycles. The molecular formula is C28H33F3N4O. The second kappa shape index (κ2) is 9.73. The van der Waals surface area contributed by atoms with E-state index in [2.05, 4.69) is 24.5 Å². The smallest absolute Gasteiger partial charge is 0.325 e. The lowest BCUT2D eigenvalue weighted by molar-refractivity contribution is -0.137. The van der Waals surface area contributed by atoms with Gasteiger partial charge < -0.3 is 5.32 Å². The highest BCUT2D eigenvalue weighted by molar-refractivity contribution is 5.95. The second-order valence-corrected chi connectivity index (χ2v) is 10.8. The van der Waals surface area contributed by atoms with Crippen molar-refractivity contribution in [3.63, 3.8) is 0 Å². The minimum absolute atomic E-state index is 0.175. The Morgan fingerprint density at radius 3 is 2.36 bits per heavy atom. The normalized spacial score (nSPS) is 20.6. The van der Waals surface area contributed by atoms with Gasteiger partial charge in [0.1, 0.15) is 0 Å². The van der Waals surface area contributed by atoms with Gasteiger partial charge in [-0.15, -0.1) is 0 Å². The first-order chi connectivity index (χ1) is 16.8. The predicted octanol–water partition coefficient (Wildman–Crippen LogP) is 6.61. The molecule has 36 heavy (non-hydrogen) atoms. The Kier molecular flexibility index (Phi) is 7.01. The van der Waals surface area contributed by atoms with E-state index in [1.54, 1.807) is 0 Å². The third-order valence-electron chi connectivity index (χ3n) is 6.68. The average Bonchev–Trinajstić information content (AvgIpc) is 3.46. The molecule has 2 aromatic carbocycles. The molecule has 2 heterocycles. The summed E-state index contributed by atoms with van der Waals surface area (Å²) in [4.78, 5) is 13.3. The van der Waals surface area contributed by atoms with Crippen molar-refractivity contribution in [2.45, 2.75) is 76.7 Å². The van der Waals surface area contributed by atoms with Crippen molar-refractivity contribution in [2.24, 2.45) is 0 Å². The molecule has 0 spiro atoms. The van der Waals surface area contributed by atoms with Gasteiger partial charge in [-0.05, 0) is 74.6 Å². The number of carbonyl (C=O) groups is 1. The Hall–Kier alpha value is -3.13. The topological polar surface area (TPSA) is 59.0 Å². The molecule has 1 saturated heterocycles. The van der Waals surface area contributed by atoms with Gasteiger partial charge in [0, 0.05) is 23.8 Å². The summed E-state index contributed by atoms with van der Waals surface area (Å²) in [6, 6.07) is 14.0. The van der Waals surface area contributed by atoms with Gasteiger partial charge in [0.05, 0.1) is 22.8 Å². The number of rotatable bonds is 5. The number of anilines is 1. The summed E-state index contributed by atoms with van der Waals surface area (Å²) >= 11 is 0. The number of alkyl halides is 3. The van der Waals surface area contributed by atoms with E-state index in [4.69, 9.17) is 5.10 Å². The van der Waals surface area contributed by atoms with Crippen LogP contribution in [0.1, 0.15) is 81.3 Å². The largest absolute Gasteiger partial charge is 0.416 e. The number of hydrogen-bond acceptors (Lipinski definition) is 3. The van der Waals surface area contributed by atoms with Crippen LogP contribution in [0.5, 0.6) is 0 Å². The molecule has 1 amide bonds. The summed E-state index contributed by atoms with van der Waals surface area (Å²) in [5.74, 6) is -0.0218. The van der Waals surface area contributed by atoms with Crippen molar-refractivity contribution in [3.8, 4) is 0 Å². The highest BCUT2D eigenvalue weighted by Gasteiger charge is 2.41. The zero-order chi connectivity index (χ0) is 26.3. The first-order valence-corrected chi connectivity index (χ1v) is 12.2. The maximum Gasteiger partial charge on any atom is 0.416 e. The van der Waals surface area contributed by atoms with Gasteiger partial charge in [0.15, 0.2) is 0 Å². The van der Waals surface area contributed by atoms with Crippen LogP contribution in [-0.2, 0) is 16.5 Å². The fourth-order valence-electron chi connectivity index (χ4n) is 4.59. The molecule has 0 bridgehead atoms. The van der Waals surface area contributed by atoms with Gasteiger partial charge in [-0.2, -0.15) is 18.3 Å². The number of nitrogens with one attached hydrogen (secondary N) is 2. The molecule has 3 aromatic rings. The molecule has 3 atom stereocenters. The number of carbonyl (C=O) groups excluding carboxylic acids is 1. The summed E-state index contributed by atoms with van der Waals surface area (Å²) in [7, 11) is 0. The van der Waals surface area contributed by atoms with Gasteiger partial charge in [-0.3, -0.25) is 14.8 Å². The maximum atomic E-state index is 13.3. The van der Waals surface area contributed by atoms with E-state index in [1.165, 1.54) is 12.1 Å². The Bertz CT molecular complexity index is 1210. The van der Waals surface area contributed by atoms with E-state index in [-0.39, 0.29) is 23.4 Å². The minimum Gasteiger partial charge on any atom is -0.325 e. The molecule has 192 valence electrons. The molecule has 1 aliphatic rings. The number of amides is 1. The van der Waals surface area contributed by atoms with Gasteiger partial charge >= 0.3 is 6.18 Å². The van der Waals surface area contributed by atoms with Crippen molar-refractivity contribution in [3.05, 3.63) is 83.2 Å². The summed E-state index contributed by atoms with van der Waals surface area (Å²) in [6.45, 7) is 10.3. The lowest BCUT2D eigenvalue weighted by Crippen LogP contribution is -2.36. The van der Waals surface area contributed by atoms with Gasteiger partial charge in [0.2, 0.25) is 5.91 Å². The van der Waals surface area contributed by atoms with Crippen LogP contribution in [0.2, 0.25) is 0 Å². The molecule has 1 fully saturated rings. The second-order valence-electron chi connectivity index (χ2n) is 10.8. The van der Waals surface area contributed by atoms with E-state index < -0.39 is 17.8 Å². The van der Waals surface area contributed by atoms with E-state index in [1.807, 2.05) is 62.0 Å². The fourth-order valence-corrected chi connectivity index (χ4v) is 4.59. The Morgan fingerprint density at radius 1 is 1.08 bits per heavy atom. The van der Waals surface area contributed by atoms with Crippen LogP contribution in [0, 0.1) is 0 Å². The summed E-state index contributed by atoms with van der Waals surface area (Å²) in [5.41, 5.74) is 2.43. The highest BCUT2D eigenvalue weighted by Crippen LogP contribution is 2.41. The number of hydrogen-bond donors (Lipinski definition) is 2. The molecule has 0 aliphatic carbocycles. The van der Waals surface area contributed by atoms with Crippen LogP contribution < -0.4 is 10.6 Å². The van der Waals surface area contributed by atoms with Crippen LogP contribution >= 0.6 is 0 Å². The monoisotopic (exact) mass is 498 g/mol. The Labute approximate surface area is 210 Å². The number of halogens is 3. The van der Waals surface area contributed by atoms with Crippen molar-refractivity contribution < 1.29 is 18.0 Å². The molecule has 1 aliphatic heterocycles. The first kappa shape index (κ1) is 25.9. The fraction of sp³-hybridized carbons (Fsp3) is 0.429. The zero-order valence-electron chi connectivity index (χ0n) is 21.2. The first-order valence-electron chi connectivity index (χ1n) is 12.2. The maximum absolute atomic E-state index is 13.3. The lowest BCUT2D eigenvalue weighted by atomic mass is 9.90. The molecule has 0 radical (unpaired) electrons. The summed E-state index contributed by atoms with van der Waals surface area (Å²) < 4.78 is 41.2. The third-order valence-corrected chi connectivity index (χ3v) is 6.68. The quantitative estimate of drug-likeness (QED) is 0.416. The number of nitrogens with zero attached hydrogens (tertiary/aromatic N) is 2. The Balaban J connectivity index is 1.61. The van der Waals surface area contributed by atoms with E-state index in [9.17, 15) is 18.0 Å². The third kappa shape index (κ3) is 5.64. The SMILES string of the molecule is CC(C)c1cccc(NC(=O)[C@@H]2C[C@H](c3ccn(C(C)(C)C)n3)[C@H](c3ccc(C(F)(F)F)cc3)N2)c1. The summed E-state index contributed by atoms with van der Waals surface area (Å²) in [6.07, 6.45) is -2.02. The molecule has 0 unspecified atom stereocenters. The van der Waals surface area contributed by atoms with Gasteiger partial charge in [0.25, 0.3) is 0 Å². The van der Waals surface area contributed by atoms with E-state index in [0.29, 0.717) is 17.9 Å². The lowest BCUT2D eigenvalue weighted by Gasteiger charge is -2.21. The molecular weight excluding hydrogens is 465 g/mol. The molecule has 4 rings (SSSR count). The molecule has 2 N–H and O–H groups in total. The minimum atomic E-state index is -4.40. The van der Waals surface area contributed by atoms with Gasteiger partial charge in [-0.1, -0.05) is 38.1 Å². The van der Waals surface area contributed by atoms with Gasteiger partial charge in [-0.25, -0.2) is 0 Å². The van der Waals surface area contributed by atoms with Crippen LogP contribution in [0.3, 0.4) is 0 Å². The van der Waals surface area contributed by atoms with Crippen molar-refractivity contribution in [2.75, 3.05) is 5.32 Å². The highest BCUT2D eigenvalue weighted by atomic mass is 19.4. The van der Waals surface area contributed by atoms with Crippen molar-refractivity contribution in [1.82, 2.24) is 15.1 Å². The molecule has 0 saturated carbocycles. The zero-order valence-corrected chi connectivity index (χ0v) is 21.2. The standard InChI is InChI=1S/C28H33F3N4O/c1-17(2)19-7-6-8-21(15-19)32-26(36)24-16-22(23-13-14-35(34-23)27(3,4)5)25(33-24)18-9-11-20(12-10-18)28(29,30)31/h6-15,17,22,24-25,33H,16H2,1-5H3,(H,32,36)/t22-,24+,25+/m1/s1. The van der Waals surface area contributed by atoms with E-state index in [0.717, 1.165) is 29.1 Å². The Morgan fingerprint density at radius 2 is 1.78 bits per heavy atom. The van der Waals surface area contributed by atoms with Crippen molar-refractivity contribution >= 4 is 11.6 Å². The molecule has 5 nitrogen and oxygen atoms in total. The average molecular weight is 499 g/mol. The number of aromatic nitrogens is 2. The van der Waals surface area contributed by atoms with Crippen LogP contribution in [0.4, 0.5) is 18.9 Å². The van der Waals surface area contributed by atoms with Crippen LogP contribution in [0.15, 0.2) is 60.8 Å². The molecule has 8 heteroatoms. The van der Waals surface area contributed by atoms with Crippen molar-refractivity contribution in [1.29, 1.82) is 0 Å². The summed E-state index contributed by atoms with van der Waals surface area (Å²) in [5, 5.41) is 11.2. The predicted molar refractivity (Wildman–Crippen MR) is 135 cm³/mol. The van der Waals surface area contributed by atoms with Crippen LogP contribution in [-0.4, -0.2) is 21.7 Å². The van der Waals surface area contributed by atoms with E-state index >= 15 is 0 Å².